The third-order valence-electron chi connectivity index (χ3n) is 2.64. The molecule has 0 spiro atoms. The molecule has 0 saturated carbocycles. The molecule has 0 fully saturated rings. The van der Waals surface area contributed by atoms with Crippen LogP contribution in [0.4, 0.5) is 11.4 Å². The van der Waals surface area contributed by atoms with Gasteiger partial charge in [0, 0.05) is 22.8 Å². The predicted octanol–water partition coefficient (Wildman–Crippen LogP) is 2.61. The summed E-state index contributed by atoms with van der Waals surface area (Å²) < 4.78 is 0. The van der Waals surface area contributed by atoms with Crippen molar-refractivity contribution in [2.24, 2.45) is 5.92 Å². The second-order valence-corrected chi connectivity index (χ2v) is 6.37. The number of carbonyl (C=O) groups excluding carboxylic acids is 2. The smallest absolute Gasteiger partial charge is 0.239 e. The lowest BCUT2D eigenvalue weighted by molar-refractivity contribution is -0.121. The van der Waals surface area contributed by atoms with E-state index in [-0.39, 0.29) is 29.8 Å². The summed E-state index contributed by atoms with van der Waals surface area (Å²) in [6, 6.07) is 7.29. The van der Waals surface area contributed by atoms with E-state index in [1.807, 2.05) is 58.9 Å². The molecule has 0 saturated heterocycles. The molecule has 0 aromatic heterocycles. The lowest BCUT2D eigenvalue weighted by Gasteiger charge is -2.20. The molecule has 0 aliphatic heterocycles. The van der Waals surface area contributed by atoms with Gasteiger partial charge in [-0.3, -0.25) is 9.59 Å². The minimum absolute atomic E-state index is 0.0136. The molecule has 1 aromatic carbocycles. The Balaban J connectivity index is 2.48. The minimum Gasteiger partial charge on any atom is -0.376 e. The van der Waals surface area contributed by atoms with Crippen molar-refractivity contribution < 1.29 is 9.59 Å². The summed E-state index contributed by atoms with van der Waals surface area (Å²) in [6.45, 7) is 9.73. The second-order valence-electron chi connectivity index (χ2n) is 6.37. The highest BCUT2D eigenvalue weighted by molar-refractivity contribution is 5.92. The van der Waals surface area contributed by atoms with Crippen molar-refractivity contribution in [2.45, 2.75) is 40.2 Å². The summed E-state index contributed by atoms with van der Waals surface area (Å²) in [5.74, 6) is -0.121. The molecule has 0 radical (unpaired) electrons. The van der Waals surface area contributed by atoms with E-state index >= 15 is 0 Å². The van der Waals surface area contributed by atoms with E-state index in [0.717, 1.165) is 11.4 Å². The molecular formula is C16H25N3O2. The number of benzene rings is 1. The number of anilines is 2. The van der Waals surface area contributed by atoms with Crippen molar-refractivity contribution in [3.05, 3.63) is 24.3 Å². The van der Waals surface area contributed by atoms with Gasteiger partial charge in [0.25, 0.3) is 0 Å². The molecule has 5 heteroatoms. The van der Waals surface area contributed by atoms with Gasteiger partial charge in [-0.25, -0.2) is 0 Å². The molecule has 0 heterocycles. The van der Waals surface area contributed by atoms with Gasteiger partial charge in [-0.2, -0.15) is 0 Å². The van der Waals surface area contributed by atoms with E-state index < -0.39 is 0 Å². The quantitative estimate of drug-likeness (QED) is 0.781. The van der Waals surface area contributed by atoms with Crippen LogP contribution in [0.3, 0.4) is 0 Å². The zero-order valence-electron chi connectivity index (χ0n) is 13.4. The Morgan fingerprint density at radius 3 is 2.05 bits per heavy atom. The van der Waals surface area contributed by atoms with Crippen molar-refractivity contribution in [1.29, 1.82) is 0 Å². The van der Waals surface area contributed by atoms with Crippen LogP contribution in [0.2, 0.25) is 0 Å². The van der Waals surface area contributed by atoms with Crippen LogP contribution in [0.1, 0.15) is 34.6 Å². The molecule has 116 valence electrons. The SMILES string of the molecule is CC(C)C(=O)Nc1ccc(NCC(=O)NC(C)(C)C)cc1. The molecule has 2 amide bonds. The van der Waals surface area contributed by atoms with Crippen molar-refractivity contribution in [3.8, 4) is 0 Å². The first-order valence-electron chi connectivity index (χ1n) is 7.13. The zero-order valence-corrected chi connectivity index (χ0v) is 13.4. The van der Waals surface area contributed by atoms with Crippen LogP contribution in [-0.4, -0.2) is 23.9 Å². The number of carbonyl (C=O) groups is 2. The summed E-state index contributed by atoms with van der Waals surface area (Å²) in [6.07, 6.45) is 0. The summed E-state index contributed by atoms with van der Waals surface area (Å²) in [4.78, 5) is 23.3. The number of nitrogens with one attached hydrogen (secondary N) is 3. The van der Waals surface area contributed by atoms with E-state index in [1.165, 1.54) is 0 Å². The fraction of sp³-hybridized carbons (Fsp3) is 0.500. The van der Waals surface area contributed by atoms with Gasteiger partial charge in [-0.15, -0.1) is 0 Å². The molecule has 3 N–H and O–H groups in total. The van der Waals surface area contributed by atoms with Gasteiger partial charge < -0.3 is 16.0 Å². The largest absolute Gasteiger partial charge is 0.376 e. The highest BCUT2D eigenvalue weighted by atomic mass is 16.2. The molecule has 0 atom stereocenters. The predicted molar refractivity (Wildman–Crippen MR) is 86.3 cm³/mol. The van der Waals surface area contributed by atoms with E-state index in [2.05, 4.69) is 16.0 Å². The lowest BCUT2D eigenvalue weighted by atomic mass is 10.1. The van der Waals surface area contributed by atoms with E-state index in [0.29, 0.717) is 0 Å². The molecule has 0 unspecified atom stereocenters. The third kappa shape index (κ3) is 6.79. The van der Waals surface area contributed by atoms with Crippen LogP contribution >= 0.6 is 0 Å². The Bertz CT molecular complexity index is 487. The standard InChI is InChI=1S/C16H25N3O2/c1-11(2)15(21)18-13-8-6-12(7-9-13)17-10-14(20)19-16(3,4)5/h6-9,11,17H,10H2,1-5H3,(H,18,21)(H,19,20). The number of hydrogen-bond donors (Lipinski definition) is 3. The number of amides is 2. The molecule has 1 rings (SSSR count). The molecule has 0 bridgehead atoms. The van der Waals surface area contributed by atoms with Gasteiger partial charge in [0.05, 0.1) is 6.54 Å². The lowest BCUT2D eigenvalue weighted by Crippen LogP contribution is -2.43. The Kier molecular flexibility index (Phi) is 5.76. The van der Waals surface area contributed by atoms with Gasteiger partial charge in [-0.05, 0) is 45.0 Å². The van der Waals surface area contributed by atoms with Crippen LogP contribution < -0.4 is 16.0 Å². The van der Waals surface area contributed by atoms with Gasteiger partial charge in [0.2, 0.25) is 11.8 Å². The Morgan fingerprint density at radius 2 is 1.57 bits per heavy atom. The molecule has 5 nitrogen and oxygen atoms in total. The van der Waals surface area contributed by atoms with Crippen LogP contribution in [0, 0.1) is 5.92 Å². The average Bonchev–Trinajstić information content (AvgIpc) is 2.35. The fourth-order valence-electron chi connectivity index (χ4n) is 1.60. The van der Waals surface area contributed by atoms with Crippen LogP contribution in [0.5, 0.6) is 0 Å². The summed E-state index contributed by atoms with van der Waals surface area (Å²) in [7, 11) is 0. The van der Waals surface area contributed by atoms with Crippen molar-refractivity contribution >= 4 is 23.2 Å². The van der Waals surface area contributed by atoms with Crippen LogP contribution in [0.15, 0.2) is 24.3 Å². The topological polar surface area (TPSA) is 70.2 Å². The maximum atomic E-state index is 11.7. The van der Waals surface area contributed by atoms with Crippen LogP contribution in [-0.2, 0) is 9.59 Å². The minimum atomic E-state index is -0.232. The molecule has 1 aromatic rings. The highest BCUT2D eigenvalue weighted by Gasteiger charge is 2.13. The summed E-state index contributed by atoms with van der Waals surface area (Å²) >= 11 is 0. The first kappa shape index (κ1) is 17.0. The normalized spacial score (nSPS) is 11.1. The number of rotatable bonds is 5. The highest BCUT2D eigenvalue weighted by Crippen LogP contribution is 2.14. The van der Waals surface area contributed by atoms with Crippen molar-refractivity contribution in [2.75, 3.05) is 17.2 Å². The Labute approximate surface area is 126 Å². The Morgan fingerprint density at radius 1 is 1.05 bits per heavy atom. The van der Waals surface area contributed by atoms with Crippen molar-refractivity contribution in [1.82, 2.24) is 5.32 Å². The van der Waals surface area contributed by atoms with E-state index in [9.17, 15) is 9.59 Å². The number of hydrogen-bond acceptors (Lipinski definition) is 3. The van der Waals surface area contributed by atoms with Gasteiger partial charge in [0.15, 0.2) is 0 Å². The maximum Gasteiger partial charge on any atom is 0.239 e. The summed E-state index contributed by atoms with van der Waals surface area (Å²) in [5.41, 5.74) is 1.35. The first-order chi connectivity index (χ1) is 9.67. The second kappa shape index (κ2) is 7.11. The Hall–Kier alpha value is -2.04. The maximum absolute atomic E-state index is 11.7. The molecule has 0 aliphatic carbocycles. The van der Waals surface area contributed by atoms with Gasteiger partial charge in [0.1, 0.15) is 0 Å². The average molecular weight is 291 g/mol. The van der Waals surface area contributed by atoms with Crippen molar-refractivity contribution in [3.63, 3.8) is 0 Å². The van der Waals surface area contributed by atoms with Gasteiger partial charge in [-0.1, -0.05) is 13.8 Å². The van der Waals surface area contributed by atoms with E-state index in [1.54, 1.807) is 0 Å². The van der Waals surface area contributed by atoms with E-state index in [4.69, 9.17) is 0 Å². The zero-order chi connectivity index (χ0) is 16.0. The molecular weight excluding hydrogens is 266 g/mol. The molecule has 0 aliphatic rings. The molecule has 21 heavy (non-hydrogen) atoms. The van der Waals surface area contributed by atoms with Crippen LogP contribution in [0.25, 0.3) is 0 Å². The fourth-order valence-corrected chi connectivity index (χ4v) is 1.60. The summed E-state index contributed by atoms with van der Waals surface area (Å²) in [5, 5.41) is 8.74. The third-order valence-corrected chi connectivity index (χ3v) is 2.64. The van der Waals surface area contributed by atoms with Gasteiger partial charge >= 0.3 is 0 Å². The first-order valence-corrected chi connectivity index (χ1v) is 7.13. The monoisotopic (exact) mass is 291 g/mol.